The van der Waals surface area contributed by atoms with Crippen LogP contribution < -0.4 is 20.1 Å². The van der Waals surface area contributed by atoms with Crippen LogP contribution >= 0.6 is 0 Å². The Morgan fingerprint density at radius 1 is 1.07 bits per heavy atom. The summed E-state index contributed by atoms with van der Waals surface area (Å²) in [5.41, 5.74) is 2.07. The number of carbonyl (C=O) groups is 1. The maximum Gasteiger partial charge on any atom is 0.319 e. The van der Waals surface area contributed by atoms with Crippen LogP contribution in [-0.2, 0) is 0 Å². The van der Waals surface area contributed by atoms with Crippen LogP contribution in [0.5, 0.6) is 11.5 Å². The van der Waals surface area contributed by atoms with Gasteiger partial charge in [-0.2, -0.15) is 4.98 Å². The fourth-order valence-electron chi connectivity index (χ4n) is 2.64. The molecular weight excluding hydrogens is 360 g/mol. The van der Waals surface area contributed by atoms with Gasteiger partial charge in [0.2, 0.25) is 5.82 Å². The average Bonchev–Trinajstić information content (AvgIpc) is 3.17. The Labute approximate surface area is 162 Å². The van der Waals surface area contributed by atoms with Crippen LogP contribution in [0.1, 0.15) is 13.8 Å². The molecular formula is C20H22N4O4. The van der Waals surface area contributed by atoms with E-state index in [9.17, 15) is 4.79 Å². The second-order valence-corrected chi connectivity index (χ2v) is 6.29. The van der Waals surface area contributed by atoms with Gasteiger partial charge in [0.05, 0.1) is 19.8 Å². The Hall–Kier alpha value is -3.55. The molecule has 3 rings (SSSR count). The zero-order chi connectivity index (χ0) is 20.1. The van der Waals surface area contributed by atoms with Crippen LogP contribution in [0.15, 0.2) is 47.0 Å². The van der Waals surface area contributed by atoms with Crippen molar-refractivity contribution in [2.24, 2.45) is 0 Å². The number of nitrogens with one attached hydrogen (secondary N) is 2. The number of hydrogen-bond acceptors (Lipinski definition) is 6. The summed E-state index contributed by atoms with van der Waals surface area (Å²) in [6.45, 7) is 3.79. The third kappa shape index (κ3) is 4.22. The molecule has 8 nitrogen and oxygen atoms in total. The first-order chi connectivity index (χ1) is 13.5. The highest BCUT2D eigenvalue weighted by Gasteiger charge is 2.18. The van der Waals surface area contributed by atoms with Gasteiger partial charge in [0, 0.05) is 17.3 Å². The van der Waals surface area contributed by atoms with Gasteiger partial charge in [0.1, 0.15) is 0 Å². The standard InChI is InChI=1S/C20H22N4O4/c1-12(2)21-20(25)22-14-10-8-13(9-11-14)18-23-19(28-24-18)15-6-5-7-16(26-3)17(15)27-4/h5-12H,1-4H3,(H2,21,22,25). The highest BCUT2D eigenvalue weighted by atomic mass is 16.5. The summed E-state index contributed by atoms with van der Waals surface area (Å²) in [5.74, 6) is 1.85. The van der Waals surface area contributed by atoms with E-state index in [1.807, 2.05) is 38.1 Å². The number of benzene rings is 2. The third-order valence-electron chi connectivity index (χ3n) is 3.88. The monoisotopic (exact) mass is 382 g/mol. The topological polar surface area (TPSA) is 98.5 Å². The van der Waals surface area contributed by atoms with Crippen molar-refractivity contribution < 1.29 is 18.8 Å². The van der Waals surface area contributed by atoms with E-state index in [0.29, 0.717) is 34.5 Å². The van der Waals surface area contributed by atoms with E-state index in [4.69, 9.17) is 14.0 Å². The molecule has 0 atom stereocenters. The number of methoxy groups -OCH3 is 2. The first-order valence-corrected chi connectivity index (χ1v) is 8.75. The third-order valence-corrected chi connectivity index (χ3v) is 3.88. The molecule has 2 N–H and O–H groups in total. The van der Waals surface area contributed by atoms with Gasteiger partial charge in [0.25, 0.3) is 5.89 Å². The molecule has 28 heavy (non-hydrogen) atoms. The quantitative estimate of drug-likeness (QED) is 0.670. The molecule has 0 unspecified atom stereocenters. The van der Waals surface area contributed by atoms with Crippen LogP contribution in [0, 0.1) is 0 Å². The fraction of sp³-hybridized carbons (Fsp3) is 0.250. The van der Waals surface area contributed by atoms with Crippen LogP contribution in [0.4, 0.5) is 10.5 Å². The van der Waals surface area contributed by atoms with Crippen molar-refractivity contribution in [1.29, 1.82) is 0 Å². The summed E-state index contributed by atoms with van der Waals surface area (Å²) < 4.78 is 16.1. The average molecular weight is 382 g/mol. The van der Waals surface area contributed by atoms with E-state index < -0.39 is 0 Å². The molecule has 0 bridgehead atoms. The van der Waals surface area contributed by atoms with Crippen molar-refractivity contribution in [2.45, 2.75) is 19.9 Å². The lowest BCUT2D eigenvalue weighted by atomic mass is 10.1. The Morgan fingerprint density at radius 3 is 2.46 bits per heavy atom. The van der Waals surface area contributed by atoms with E-state index in [0.717, 1.165) is 5.56 Å². The molecule has 1 aromatic heterocycles. The Kier molecular flexibility index (Phi) is 5.78. The predicted octanol–water partition coefficient (Wildman–Crippen LogP) is 3.95. The molecule has 0 fully saturated rings. The first kappa shape index (κ1) is 19.2. The summed E-state index contributed by atoms with van der Waals surface area (Å²) in [6, 6.07) is 12.4. The fourth-order valence-corrected chi connectivity index (χ4v) is 2.64. The van der Waals surface area contributed by atoms with Gasteiger partial charge in [-0.05, 0) is 50.2 Å². The van der Waals surface area contributed by atoms with Crippen LogP contribution in [0.3, 0.4) is 0 Å². The largest absolute Gasteiger partial charge is 0.493 e. The van der Waals surface area contributed by atoms with Gasteiger partial charge < -0.3 is 24.6 Å². The first-order valence-electron chi connectivity index (χ1n) is 8.75. The van der Waals surface area contributed by atoms with Crippen molar-refractivity contribution in [2.75, 3.05) is 19.5 Å². The Balaban J connectivity index is 1.80. The molecule has 2 amide bonds. The number of nitrogens with zero attached hydrogens (tertiary/aromatic N) is 2. The number of amides is 2. The number of anilines is 1. The van der Waals surface area contributed by atoms with Gasteiger partial charge in [-0.1, -0.05) is 11.2 Å². The predicted molar refractivity (Wildman–Crippen MR) is 106 cm³/mol. The maximum absolute atomic E-state index is 11.8. The number of carbonyl (C=O) groups excluding carboxylic acids is 1. The van der Waals surface area contributed by atoms with Gasteiger partial charge in [-0.3, -0.25) is 0 Å². The normalized spacial score (nSPS) is 10.6. The molecule has 1 heterocycles. The number of rotatable bonds is 6. The minimum absolute atomic E-state index is 0.0608. The zero-order valence-corrected chi connectivity index (χ0v) is 16.1. The smallest absolute Gasteiger partial charge is 0.319 e. The maximum atomic E-state index is 11.8. The van der Waals surface area contributed by atoms with Crippen molar-refractivity contribution in [3.05, 3.63) is 42.5 Å². The molecule has 0 aliphatic heterocycles. The molecule has 0 saturated carbocycles. The van der Waals surface area contributed by atoms with E-state index in [2.05, 4.69) is 20.8 Å². The van der Waals surface area contributed by atoms with E-state index in [1.165, 1.54) is 0 Å². The van der Waals surface area contributed by atoms with Crippen molar-refractivity contribution >= 4 is 11.7 Å². The molecule has 8 heteroatoms. The highest BCUT2D eigenvalue weighted by Crippen LogP contribution is 2.37. The van der Waals surface area contributed by atoms with Gasteiger partial charge in [-0.25, -0.2) is 4.79 Å². The summed E-state index contributed by atoms with van der Waals surface area (Å²) in [4.78, 5) is 16.2. The summed E-state index contributed by atoms with van der Waals surface area (Å²) >= 11 is 0. The highest BCUT2D eigenvalue weighted by molar-refractivity contribution is 5.89. The number of aromatic nitrogens is 2. The van der Waals surface area contributed by atoms with Crippen molar-refractivity contribution in [3.8, 4) is 34.3 Å². The number of para-hydroxylation sites is 1. The van der Waals surface area contributed by atoms with Crippen molar-refractivity contribution in [1.82, 2.24) is 15.5 Å². The number of ether oxygens (including phenoxy) is 2. The van der Waals surface area contributed by atoms with E-state index in [1.54, 1.807) is 32.4 Å². The summed E-state index contributed by atoms with van der Waals surface area (Å²) in [5, 5.41) is 9.57. The molecule has 0 saturated heterocycles. The number of urea groups is 1. The van der Waals surface area contributed by atoms with Crippen LogP contribution in [-0.4, -0.2) is 36.4 Å². The minimum Gasteiger partial charge on any atom is -0.493 e. The minimum atomic E-state index is -0.255. The Morgan fingerprint density at radius 2 is 1.82 bits per heavy atom. The van der Waals surface area contributed by atoms with Crippen LogP contribution in [0.25, 0.3) is 22.8 Å². The molecule has 2 aromatic carbocycles. The van der Waals surface area contributed by atoms with Crippen LogP contribution in [0.2, 0.25) is 0 Å². The lowest BCUT2D eigenvalue weighted by Crippen LogP contribution is -2.34. The summed E-state index contributed by atoms with van der Waals surface area (Å²) in [6.07, 6.45) is 0. The molecule has 0 radical (unpaired) electrons. The van der Waals surface area contributed by atoms with E-state index in [-0.39, 0.29) is 12.1 Å². The Bertz CT molecular complexity index is 951. The van der Waals surface area contributed by atoms with Gasteiger partial charge in [0.15, 0.2) is 11.5 Å². The molecule has 0 spiro atoms. The molecule has 0 aliphatic carbocycles. The molecule has 146 valence electrons. The molecule has 0 aliphatic rings. The number of hydrogen-bond donors (Lipinski definition) is 2. The summed E-state index contributed by atoms with van der Waals surface area (Å²) in [7, 11) is 3.12. The second kappa shape index (κ2) is 8.43. The SMILES string of the molecule is COc1cccc(-c2nc(-c3ccc(NC(=O)NC(C)C)cc3)no2)c1OC. The van der Waals surface area contributed by atoms with Gasteiger partial charge in [-0.15, -0.1) is 0 Å². The van der Waals surface area contributed by atoms with Crippen molar-refractivity contribution in [3.63, 3.8) is 0 Å². The van der Waals surface area contributed by atoms with E-state index >= 15 is 0 Å². The molecule has 3 aromatic rings. The lowest BCUT2D eigenvalue weighted by molar-refractivity contribution is 0.250. The zero-order valence-electron chi connectivity index (χ0n) is 16.1. The van der Waals surface area contributed by atoms with Gasteiger partial charge >= 0.3 is 6.03 Å². The lowest BCUT2D eigenvalue weighted by Gasteiger charge is -2.10. The second-order valence-electron chi connectivity index (χ2n) is 6.29.